The van der Waals surface area contributed by atoms with Gasteiger partial charge in [-0.05, 0) is 32.2 Å². The molecular weight excluding hydrogens is 316 g/mol. The minimum Gasteiger partial charge on any atom is -0.375 e. The molecule has 150 valence electrons. The molecule has 2 aliphatic heterocycles. The number of nitrogens with zero attached hydrogens (tertiary/aromatic N) is 2. The Kier molecular flexibility index (Phi) is 9.17. The predicted octanol–water partition coefficient (Wildman–Crippen LogP) is 1.56. The molecule has 25 heavy (non-hydrogen) atoms. The van der Waals surface area contributed by atoms with Gasteiger partial charge in [0.15, 0.2) is 0 Å². The molecule has 1 amide bonds. The maximum atomic E-state index is 12.0. The number of hydrogen-bond donors (Lipinski definition) is 2. The minimum atomic E-state index is 0. The average molecular weight is 359 g/mol. The third-order valence-electron chi connectivity index (χ3n) is 5.27. The quantitative estimate of drug-likeness (QED) is 0.613. The number of piperidine rings is 2. The van der Waals surface area contributed by atoms with Gasteiger partial charge in [0.25, 0.3) is 0 Å². The number of hydrogen-bond acceptors (Lipinski definition) is 5. The van der Waals surface area contributed by atoms with Crippen LogP contribution in [0, 0.1) is 0 Å². The van der Waals surface area contributed by atoms with Crippen LogP contribution in [0.1, 0.15) is 49.3 Å². The summed E-state index contributed by atoms with van der Waals surface area (Å²) in [5.41, 5.74) is 0. The van der Waals surface area contributed by atoms with E-state index in [-0.39, 0.29) is 8.76 Å². The van der Waals surface area contributed by atoms with Gasteiger partial charge in [0.05, 0.1) is 18.8 Å². The van der Waals surface area contributed by atoms with Gasteiger partial charge in [-0.25, -0.2) is 0 Å². The van der Waals surface area contributed by atoms with Crippen molar-refractivity contribution in [1.29, 1.82) is 0 Å². The van der Waals surface area contributed by atoms with E-state index in [2.05, 4.69) is 41.2 Å². The van der Waals surface area contributed by atoms with Crippen LogP contribution >= 0.6 is 0 Å². The van der Waals surface area contributed by atoms with E-state index in [9.17, 15) is 4.79 Å². The molecule has 2 fully saturated rings. The first kappa shape index (κ1) is 20.6. The van der Waals surface area contributed by atoms with Gasteiger partial charge in [0.1, 0.15) is 0 Å². The number of carbonyl (C=O) groups excluding carboxylic acids is 1. The molecule has 0 aliphatic carbocycles. The second kappa shape index (κ2) is 11.1. The second-order valence-corrected chi connectivity index (χ2v) is 7.70. The number of ether oxygens (including phenoxy) is 1. The highest BCUT2D eigenvalue weighted by Gasteiger charge is 2.26. The summed E-state index contributed by atoms with van der Waals surface area (Å²) in [6.07, 6.45) is 5.26. The smallest absolute Gasteiger partial charge is 0.234 e. The molecule has 6 nitrogen and oxygen atoms in total. The first-order chi connectivity index (χ1) is 12.1. The van der Waals surface area contributed by atoms with E-state index < -0.39 is 0 Å². The molecule has 2 saturated heterocycles. The molecule has 2 N–H and O–H groups in total. The zero-order valence-electron chi connectivity index (χ0n) is 16.4. The average Bonchev–Trinajstić information content (AvgIpc) is 2.61. The Morgan fingerprint density at radius 2 is 1.60 bits per heavy atom. The minimum absolute atomic E-state index is 0. The first-order valence-electron chi connectivity index (χ1n) is 10.2. The topological polar surface area (TPSA) is 56.8 Å². The summed E-state index contributed by atoms with van der Waals surface area (Å²) in [5.74, 6) is 0.136. The van der Waals surface area contributed by atoms with Crippen LogP contribution in [-0.2, 0) is 9.53 Å². The third kappa shape index (κ3) is 8.03. The Morgan fingerprint density at radius 3 is 2.12 bits per heavy atom. The Hall–Kier alpha value is -0.690. The van der Waals surface area contributed by atoms with E-state index in [1.807, 2.05) is 0 Å². The van der Waals surface area contributed by atoms with Gasteiger partial charge in [0.2, 0.25) is 5.91 Å². The molecule has 2 rings (SSSR count). The van der Waals surface area contributed by atoms with E-state index in [0.29, 0.717) is 31.3 Å². The predicted molar refractivity (Wildman–Crippen MR) is 106 cm³/mol. The molecule has 6 heteroatoms. The zero-order valence-corrected chi connectivity index (χ0v) is 16.4. The molecule has 2 aliphatic rings. The van der Waals surface area contributed by atoms with Crippen molar-refractivity contribution in [2.75, 3.05) is 52.4 Å². The lowest BCUT2D eigenvalue weighted by molar-refractivity contribution is -0.123. The van der Waals surface area contributed by atoms with Crippen molar-refractivity contribution in [3.8, 4) is 0 Å². The van der Waals surface area contributed by atoms with Crippen molar-refractivity contribution in [2.24, 2.45) is 0 Å². The van der Waals surface area contributed by atoms with Crippen molar-refractivity contribution in [3.63, 3.8) is 0 Å². The van der Waals surface area contributed by atoms with Gasteiger partial charge in [0, 0.05) is 48.2 Å². The summed E-state index contributed by atoms with van der Waals surface area (Å²) < 4.78 is 6.32. The lowest BCUT2D eigenvalue weighted by Crippen LogP contribution is -2.45. The summed E-state index contributed by atoms with van der Waals surface area (Å²) in [4.78, 5) is 16.7. The van der Waals surface area contributed by atoms with E-state index >= 15 is 0 Å². The molecule has 0 atom stereocenters. The Bertz CT molecular complexity index is 386. The number of amides is 1. The van der Waals surface area contributed by atoms with Crippen LogP contribution in [0.3, 0.4) is 0 Å². The van der Waals surface area contributed by atoms with E-state index in [1.165, 1.54) is 25.9 Å². The molecule has 0 aromatic heterocycles. The van der Waals surface area contributed by atoms with Crippen LogP contribution in [0.25, 0.3) is 0 Å². The molecule has 2 heterocycles. The van der Waals surface area contributed by atoms with Crippen molar-refractivity contribution in [1.82, 2.24) is 20.4 Å². The lowest BCUT2D eigenvalue weighted by Gasteiger charge is -2.36. The Morgan fingerprint density at radius 1 is 1.04 bits per heavy atom. The van der Waals surface area contributed by atoms with E-state index in [4.69, 9.17) is 4.74 Å². The summed E-state index contributed by atoms with van der Waals surface area (Å²) >= 11 is 0. The van der Waals surface area contributed by atoms with Crippen molar-refractivity contribution < 1.29 is 12.4 Å². The lowest BCUT2D eigenvalue weighted by atomic mass is 10.0. The van der Waals surface area contributed by atoms with Gasteiger partial charge in [-0.2, -0.15) is 0 Å². The van der Waals surface area contributed by atoms with Crippen LogP contribution < -0.4 is 10.6 Å². The monoisotopic (exact) mass is 358 g/mol. The summed E-state index contributed by atoms with van der Waals surface area (Å²) in [5, 5.41) is 6.30. The van der Waals surface area contributed by atoms with Crippen LogP contribution in [0.5, 0.6) is 0 Å². The van der Waals surface area contributed by atoms with E-state index in [0.717, 1.165) is 39.0 Å². The highest BCUT2D eigenvalue weighted by Crippen LogP contribution is 2.20. The normalized spacial score (nSPS) is 21.8. The standard InChI is InChI=1S/C19H38N4O2.2H2/c1-4-22-11-5-17(6-12-22)25-18-7-13-23(14-8-18)15-19(24)21-10-9-20-16(2)3;;/h16-18,20H,4-15H2,1-3H3,(H,21,24);2*1H. The summed E-state index contributed by atoms with van der Waals surface area (Å²) in [6.45, 7) is 13.9. The molecule has 0 saturated carbocycles. The number of carbonyl (C=O) groups is 1. The third-order valence-corrected chi connectivity index (χ3v) is 5.27. The van der Waals surface area contributed by atoms with Gasteiger partial charge >= 0.3 is 0 Å². The van der Waals surface area contributed by atoms with Crippen molar-refractivity contribution in [3.05, 3.63) is 0 Å². The number of likely N-dealkylation sites (tertiary alicyclic amines) is 2. The fourth-order valence-corrected chi connectivity index (χ4v) is 3.66. The van der Waals surface area contributed by atoms with Crippen molar-refractivity contribution in [2.45, 2.75) is 64.7 Å². The summed E-state index contributed by atoms with van der Waals surface area (Å²) in [7, 11) is 0. The van der Waals surface area contributed by atoms with Crippen molar-refractivity contribution >= 4 is 5.91 Å². The Labute approximate surface area is 156 Å². The first-order valence-corrected chi connectivity index (χ1v) is 10.2. The van der Waals surface area contributed by atoms with Crippen LogP contribution in [0.4, 0.5) is 0 Å². The SMILES string of the molecule is CCN1CCC(OC2CCN(CC(=O)NCCNC(C)C)CC2)CC1.[HH].[HH]. The fourth-order valence-electron chi connectivity index (χ4n) is 3.66. The maximum absolute atomic E-state index is 12.0. The van der Waals surface area contributed by atoms with Crippen LogP contribution in [0.15, 0.2) is 0 Å². The molecule has 0 unspecified atom stereocenters. The molecule has 0 radical (unpaired) electrons. The molecule has 0 spiro atoms. The van der Waals surface area contributed by atoms with Gasteiger partial charge in [-0.1, -0.05) is 20.8 Å². The van der Waals surface area contributed by atoms with Gasteiger partial charge in [-0.15, -0.1) is 0 Å². The number of nitrogens with one attached hydrogen (secondary N) is 2. The number of rotatable bonds is 9. The van der Waals surface area contributed by atoms with E-state index in [1.54, 1.807) is 0 Å². The van der Waals surface area contributed by atoms with Crippen LogP contribution in [-0.4, -0.2) is 86.3 Å². The van der Waals surface area contributed by atoms with Crippen LogP contribution in [0.2, 0.25) is 0 Å². The summed E-state index contributed by atoms with van der Waals surface area (Å²) in [6, 6.07) is 0.463. The maximum Gasteiger partial charge on any atom is 0.234 e. The van der Waals surface area contributed by atoms with Gasteiger partial charge < -0.3 is 20.3 Å². The molecular formula is C19H42N4O2. The highest BCUT2D eigenvalue weighted by atomic mass is 16.5. The largest absolute Gasteiger partial charge is 0.375 e. The molecule has 0 aromatic rings. The Balaban J connectivity index is 0.00000338. The molecule has 0 bridgehead atoms. The second-order valence-electron chi connectivity index (χ2n) is 7.70. The molecule has 0 aromatic carbocycles. The zero-order chi connectivity index (χ0) is 18.1. The fraction of sp³-hybridized carbons (Fsp3) is 0.947. The highest BCUT2D eigenvalue weighted by molar-refractivity contribution is 5.78. The van der Waals surface area contributed by atoms with Gasteiger partial charge in [-0.3, -0.25) is 9.69 Å².